The van der Waals surface area contributed by atoms with E-state index in [4.69, 9.17) is 0 Å². The Labute approximate surface area is 58.1 Å². The largest absolute Gasteiger partial charge is 0.254 e. The topological polar surface area (TPSA) is 3.24 Å². The summed E-state index contributed by atoms with van der Waals surface area (Å²) in [6.45, 7) is 6.21. The van der Waals surface area contributed by atoms with E-state index in [1.807, 2.05) is 4.31 Å². The monoisotopic (exact) mass is 139 g/mol. The third-order valence-corrected chi connectivity index (χ3v) is 1.30. The molecule has 0 amide bonds. The first-order valence-electron chi connectivity index (χ1n) is 2.25. The number of rotatable bonds is 2. The van der Waals surface area contributed by atoms with E-state index in [1.54, 1.807) is 0 Å². The summed E-state index contributed by atoms with van der Waals surface area (Å²) in [5, 5.41) is 0. The molecule has 3 heteroatoms. The molecule has 0 aliphatic heterocycles. The zero-order valence-electron chi connectivity index (χ0n) is 4.81. The molecule has 0 aromatic rings. The van der Waals surface area contributed by atoms with Crippen molar-refractivity contribution in [3.63, 3.8) is 0 Å². The fraction of sp³-hybridized carbons (Fsp3) is 1.00. The van der Waals surface area contributed by atoms with Crippen LogP contribution < -0.4 is 0 Å². The summed E-state index contributed by atoms with van der Waals surface area (Å²) in [4.78, 5) is 0. The number of thiol groups is 1. The van der Waals surface area contributed by atoms with Crippen LogP contribution in [0.3, 0.4) is 0 Å². The number of nitrogens with zero attached hydrogens (tertiary/aromatic N) is 1. The van der Waals surface area contributed by atoms with Crippen LogP contribution in [0.25, 0.3) is 0 Å². The quantitative estimate of drug-likeness (QED) is 0.564. The molecule has 0 bridgehead atoms. The van der Waals surface area contributed by atoms with Crippen LogP contribution in [0, 0.1) is 0 Å². The van der Waals surface area contributed by atoms with Gasteiger partial charge in [0.05, 0.1) is 0 Å². The van der Waals surface area contributed by atoms with Crippen LogP contribution in [0.2, 0.25) is 0 Å². The van der Waals surface area contributed by atoms with Gasteiger partial charge in [0.2, 0.25) is 0 Å². The van der Waals surface area contributed by atoms with Gasteiger partial charge in [-0.2, -0.15) is 13.5 Å². The van der Waals surface area contributed by atoms with Crippen molar-refractivity contribution < 1.29 is 0 Å². The molecule has 0 unspecified atom stereocenters. The predicted octanol–water partition coefficient (Wildman–Crippen LogP) is 1.29. The van der Waals surface area contributed by atoms with Crippen LogP contribution >= 0.6 is 26.3 Å². The normalized spacial score (nSPS) is 8.57. The van der Waals surface area contributed by atoms with Crippen molar-refractivity contribution in [2.45, 2.75) is 13.8 Å². The minimum atomic E-state index is 0. The Bertz CT molecular complexity index is 28.9. The van der Waals surface area contributed by atoms with E-state index in [0.29, 0.717) is 0 Å². The fourth-order valence-corrected chi connectivity index (χ4v) is 0.224. The highest BCUT2D eigenvalue weighted by Crippen LogP contribution is 1.86. The van der Waals surface area contributed by atoms with E-state index in [2.05, 4.69) is 26.7 Å². The minimum Gasteiger partial charge on any atom is -0.254 e. The molecular weight excluding hydrogens is 126 g/mol. The molecule has 0 atom stereocenters. The third-order valence-electron chi connectivity index (χ3n) is 0.730. The molecule has 0 aliphatic rings. The van der Waals surface area contributed by atoms with Crippen LogP contribution in [-0.2, 0) is 0 Å². The second-order valence-electron chi connectivity index (χ2n) is 1.14. The molecule has 0 saturated heterocycles. The molecule has 0 aromatic heterocycles. The SMILES string of the molecule is CCN(S)CC.S. The van der Waals surface area contributed by atoms with Gasteiger partial charge in [-0.3, -0.25) is 4.31 Å². The summed E-state index contributed by atoms with van der Waals surface area (Å²) in [5.74, 6) is 0. The molecule has 7 heavy (non-hydrogen) atoms. The van der Waals surface area contributed by atoms with Gasteiger partial charge in [-0.25, -0.2) is 0 Å². The van der Waals surface area contributed by atoms with Crippen LogP contribution in [0.15, 0.2) is 0 Å². The predicted molar refractivity (Wildman–Crippen MR) is 42.3 cm³/mol. The van der Waals surface area contributed by atoms with Crippen molar-refractivity contribution >= 4 is 26.3 Å². The van der Waals surface area contributed by atoms with E-state index in [0.717, 1.165) is 13.1 Å². The Hall–Kier alpha value is 0.660. The summed E-state index contributed by atoms with van der Waals surface area (Å²) >= 11 is 4.06. The summed E-state index contributed by atoms with van der Waals surface area (Å²) in [6.07, 6.45) is 0. The zero-order chi connectivity index (χ0) is 4.99. The van der Waals surface area contributed by atoms with Gasteiger partial charge in [0.25, 0.3) is 0 Å². The maximum Gasteiger partial charge on any atom is 0.00584 e. The smallest absolute Gasteiger partial charge is 0.00584 e. The van der Waals surface area contributed by atoms with Crippen molar-refractivity contribution in [1.82, 2.24) is 4.31 Å². The lowest BCUT2D eigenvalue weighted by Gasteiger charge is -2.05. The van der Waals surface area contributed by atoms with Crippen LogP contribution in [0.5, 0.6) is 0 Å². The van der Waals surface area contributed by atoms with Gasteiger partial charge in [0.1, 0.15) is 0 Å². The molecule has 0 fully saturated rings. The van der Waals surface area contributed by atoms with Crippen LogP contribution in [0.1, 0.15) is 13.8 Å². The molecule has 0 spiro atoms. The number of hydrogen-bond acceptors (Lipinski definition) is 2. The van der Waals surface area contributed by atoms with Gasteiger partial charge < -0.3 is 0 Å². The van der Waals surface area contributed by atoms with Gasteiger partial charge in [-0.15, -0.1) is 0 Å². The number of hydrogen-bond donors (Lipinski definition) is 1. The lowest BCUT2D eigenvalue weighted by Crippen LogP contribution is -2.08. The molecule has 0 radical (unpaired) electrons. The molecule has 46 valence electrons. The summed E-state index contributed by atoms with van der Waals surface area (Å²) in [5.41, 5.74) is 0. The third kappa shape index (κ3) is 6.66. The second kappa shape index (κ2) is 6.66. The summed E-state index contributed by atoms with van der Waals surface area (Å²) in [6, 6.07) is 0. The lowest BCUT2D eigenvalue weighted by molar-refractivity contribution is 0.532. The molecule has 0 heterocycles. The standard InChI is InChI=1S/C4H11NS.H2S/c1-3-5(6)4-2;/h6H,3-4H2,1-2H3;1H2. The first-order valence-corrected chi connectivity index (χ1v) is 2.65. The highest BCUT2D eigenvalue weighted by atomic mass is 32.1. The van der Waals surface area contributed by atoms with Gasteiger partial charge in [0.15, 0.2) is 0 Å². The molecular formula is C4H13NS2. The van der Waals surface area contributed by atoms with Gasteiger partial charge in [-0.05, 0) is 0 Å². The van der Waals surface area contributed by atoms with E-state index < -0.39 is 0 Å². The van der Waals surface area contributed by atoms with Crippen molar-refractivity contribution in [2.24, 2.45) is 0 Å². The van der Waals surface area contributed by atoms with Gasteiger partial charge in [-0.1, -0.05) is 26.7 Å². The highest BCUT2D eigenvalue weighted by molar-refractivity contribution is 7.77. The lowest BCUT2D eigenvalue weighted by atomic mass is 10.7. The molecule has 0 aliphatic carbocycles. The van der Waals surface area contributed by atoms with Crippen molar-refractivity contribution in [1.29, 1.82) is 0 Å². The second-order valence-corrected chi connectivity index (χ2v) is 1.70. The van der Waals surface area contributed by atoms with E-state index >= 15 is 0 Å². The zero-order valence-corrected chi connectivity index (χ0v) is 6.70. The molecule has 0 saturated carbocycles. The van der Waals surface area contributed by atoms with Gasteiger partial charge in [0, 0.05) is 13.1 Å². The van der Waals surface area contributed by atoms with Crippen LogP contribution in [-0.4, -0.2) is 17.4 Å². The Morgan fingerprint density at radius 3 is 1.57 bits per heavy atom. The minimum absolute atomic E-state index is 0. The van der Waals surface area contributed by atoms with Crippen LogP contribution in [0.4, 0.5) is 0 Å². The fourth-order valence-electron chi connectivity index (χ4n) is 0.224. The maximum absolute atomic E-state index is 4.06. The molecule has 0 rings (SSSR count). The summed E-state index contributed by atoms with van der Waals surface area (Å²) in [7, 11) is 0. The van der Waals surface area contributed by atoms with E-state index in [1.165, 1.54) is 0 Å². The Morgan fingerprint density at radius 1 is 1.29 bits per heavy atom. The molecule has 0 N–H and O–H groups in total. The van der Waals surface area contributed by atoms with Crippen molar-refractivity contribution in [2.75, 3.05) is 13.1 Å². The highest BCUT2D eigenvalue weighted by Gasteiger charge is 1.83. The molecule has 0 aromatic carbocycles. The van der Waals surface area contributed by atoms with Crippen molar-refractivity contribution in [3.05, 3.63) is 0 Å². The van der Waals surface area contributed by atoms with E-state index in [9.17, 15) is 0 Å². The Morgan fingerprint density at radius 2 is 1.57 bits per heavy atom. The van der Waals surface area contributed by atoms with Crippen molar-refractivity contribution in [3.8, 4) is 0 Å². The Kier molecular flexibility index (Phi) is 10.1. The van der Waals surface area contributed by atoms with Gasteiger partial charge >= 0.3 is 0 Å². The summed E-state index contributed by atoms with van der Waals surface area (Å²) < 4.78 is 1.94. The van der Waals surface area contributed by atoms with E-state index in [-0.39, 0.29) is 13.5 Å². The Balaban J connectivity index is 0. The maximum atomic E-state index is 4.06. The first-order chi connectivity index (χ1) is 2.81. The average Bonchev–Trinajstić information content (AvgIpc) is 1.65. The molecule has 1 nitrogen and oxygen atoms in total. The average molecular weight is 139 g/mol. The first kappa shape index (κ1) is 10.6.